The SMILES string of the molecule is COc1ccc(C=NCC(=O)c2sc(-c3ccccc3C(F)(F)F)nc2C)cc1O. The van der Waals surface area contributed by atoms with Gasteiger partial charge < -0.3 is 9.84 Å². The molecule has 2 aromatic carbocycles. The van der Waals surface area contributed by atoms with E-state index >= 15 is 0 Å². The highest BCUT2D eigenvalue weighted by molar-refractivity contribution is 7.17. The smallest absolute Gasteiger partial charge is 0.417 e. The number of carbonyl (C=O) groups is 1. The van der Waals surface area contributed by atoms with Crippen LogP contribution >= 0.6 is 11.3 Å². The van der Waals surface area contributed by atoms with Gasteiger partial charge in [-0.1, -0.05) is 18.2 Å². The van der Waals surface area contributed by atoms with Crippen molar-refractivity contribution in [3.8, 4) is 22.1 Å². The van der Waals surface area contributed by atoms with Gasteiger partial charge in [-0.05, 0) is 36.8 Å². The molecule has 9 heteroatoms. The molecule has 0 unspecified atom stereocenters. The third-order valence-electron chi connectivity index (χ3n) is 4.19. The number of alkyl halides is 3. The molecule has 1 N–H and O–H groups in total. The lowest BCUT2D eigenvalue weighted by molar-refractivity contribution is -0.137. The van der Waals surface area contributed by atoms with Crippen LogP contribution in [-0.4, -0.2) is 35.7 Å². The molecule has 0 aliphatic carbocycles. The highest BCUT2D eigenvalue weighted by Gasteiger charge is 2.34. The third kappa shape index (κ3) is 4.68. The number of aryl methyl sites for hydroxylation is 1. The zero-order chi connectivity index (χ0) is 21.9. The van der Waals surface area contributed by atoms with E-state index in [0.29, 0.717) is 17.0 Å². The van der Waals surface area contributed by atoms with Crippen LogP contribution in [0.2, 0.25) is 0 Å². The molecule has 1 heterocycles. The van der Waals surface area contributed by atoms with Crippen LogP contribution in [0.4, 0.5) is 13.2 Å². The Morgan fingerprint density at radius 3 is 2.67 bits per heavy atom. The number of halogens is 3. The molecule has 0 amide bonds. The molecule has 30 heavy (non-hydrogen) atoms. The van der Waals surface area contributed by atoms with Crippen molar-refractivity contribution in [1.82, 2.24) is 4.98 Å². The van der Waals surface area contributed by atoms with E-state index in [0.717, 1.165) is 17.4 Å². The van der Waals surface area contributed by atoms with Gasteiger partial charge in [0, 0.05) is 11.8 Å². The van der Waals surface area contributed by atoms with Crippen molar-refractivity contribution in [2.24, 2.45) is 4.99 Å². The van der Waals surface area contributed by atoms with Crippen molar-refractivity contribution in [3.05, 3.63) is 64.2 Å². The highest BCUT2D eigenvalue weighted by Crippen LogP contribution is 2.39. The van der Waals surface area contributed by atoms with E-state index < -0.39 is 11.7 Å². The minimum Gasteiger partial charge on any atom is -0.504 e. The van der Waals surface area contributed by atoms with E-state index in [1.807, 2.05) is 0 Å². The van der Waals surface area contributed by atoms with E-state index in [-0.39, 0.29) is 33.5 Å². The van der Waals surface area contributed by atoms with Gasteiger partial charge in [0.15, 0.2) is 17.3 Å². The summed E-state index contributed by atoms with van der Waals surface area (Å²) in [6.45, 7) is 1.38. The van der Waals surface area contributed by atoms with E-state index in [1.54, 1.807) is 19.1 Å². The second-order valence-electron chi connectivity index (χ2n) is 6.30. The maximum atomic E-state index is 13.3. The summed E-state index contributed by atoms with van der Waals surface area (Å²) in [6, 6.07) is 9.80. The number of aromatic nitrogens is 1. The lowest BCUT2D eigenvalue weighted by Crippen LogP contribution is -2.06. The normalized spacial score (nSPS) is 11.8. The molecule has 3 aromatic rings. The summed E-state index contributed by atoms with van der Waals surface area (Å²) in [5.41, 5.74) is 0.0700. The Morgan fingerprint density at radius 2 is 2.00 bits per heavy atom. The number of hydrogen-bond donors (Lipinski definition) is 1. The Bertz CT molecular complexity index is 1110. The highest BCUT2D eigenvalue weighted by atomic mass is 32.1. The first-order chi connectivity index (χ1) is 14.2. The number of aliphatic imine (C=N–C) groups is 1. The first-order valence-electron chi connectivity index (χ1n) is 8.74. The second kappa shape index (κ2) is 8.66. The molecular weight excluding hydrogens is 417 g/mol. The molecule has 0 saturated carbocycles. The molecule has 0 aliphatic heterocycles. The topological polar surface area (TPSA) is 71.8 Å². The summed E-state index contributed by atoms with van der Waals surface area (Å²) < 4.78 is 44.8. The first-order valence-corrected chi connectivity index (χ1v) is 9.56. The van der Waals surface area contributed by atoms with E-state index in [4.69, 9.17) is 4.74 Å². The van der Waals surface area contributed by atoms with Gasteiger partial charge in [0.2, 0.25) is 0 Å². The molecule has 5 nitrogen and oxygen atoms in total. The van der Waals surface area contributed by atoms with Crippen LogP contribution in [0.15, 0.2) is 47.5 Å². The molecule has 0 radical (unpaired) electrons. The van der Waals surface area contributed by atoms with Crippen molar-refractivity contribution in [3.63, 3.8) is 0 Å². The van der Waals surface area contributed by atoms with E-state index in [9.17, 15) is 23.1 Å². The third-order valence-corrected chi connectivity index (χ3v) is 5.42. The summed E-state index contributed by atoms with van der Waals surface area (Å²) in [4.78, 5) is 21.0. The molecule has 0 fully saturated rings. The van der Waals surface area contributed by atoms with Crippen LogP contribution in [0, 0.1) is 6.92 Å². The fourth-order valence-electron chi connectivity index (χ4n) is 2.78. The van der Waals surface area contributed by atoms with Crippen molar-refractivity contribution in [2.45, 2.75) is 13.1 Å². The predicted molar refractivity (Wildman–Crippen MR) is 109 cm³/mol. The number of phenols is 1. The van der Waals surface area contributed by atoms with Gasteiger partial charge in [-0.15, -0.1) is 11.3 Å². The summed E-state index contributed by atoms with van der Waals surface area (Å²) in [5, 5.41) is 9.90. The minimum absolute atomic E-state index is 0.0564. The molecule has 1 aromatic heterocycles. The van der Waals surface area contributed by atoms with Gasteiger partial charge in [0.25, 0.3) is 0 Å². The molecule has 0 saturated heterocycles. The van der Waals surface area contributed by atoms with Crippen LogP contribution in [0.1, 0.15) is 26.5 Å². The van der Waals surface area contributed by atoms with E-state index in [1.165, 1.54) is 37.6 Å². The van der Waals surface area contributed by atoms with Gasteiger partial charge in [0.05, 0.1) is 23.2 Å². The Hall–Kier alpha value is -3.20. The number of benzene rings is 2. The lowest BCUT2D eigenvalue weighted by atomic mass is 10.1. The summed E-state index contributed by atoms with van der Waals surface area (Å²) in [7, 11) is 1.43. The van der Waals surface area contributed by atoms with Crippen LogP contribution in [0.3, 0.4) is 0 Å². The summed E-state index contributed by atoms with van der Waals surface area (Å²) >= 11 is 0.914. The van der Waals surface area contributed by atoms with Crippen LogP contribution in [0.5, 0.6) is 11.5 Å². The maximum Gasteiger partial charge on any atom is 0.417 e. The maximum absolute atomic E-state index is 13.3. The molecule has 156 valence electrons. The van der Waals surface area contributed by atoms with E-state index in [2.05, 4.69) is 9.98 Å². The first kappa shape index (κ1) is 21.5. The number of hydrogen-bond acceptors (Lipinski definition) is 6. The number of nitrogens with zero attached hydrogens (tertiary/aromatic N) is 2. The Morgan fingerprint density at radius 1 is 1.27 bits per heavy atom. The number of carbonyl (C=O) groups excluding carboxylic acids is 1. The number of methoxy groups -OCH3 is 1. The van der Waals surface area contributed by atoms with Crippen LogP contribution in [0.25, 0.3) is 10.6 Å². The van der Waals surface area contributed by atoms with Gasteiger partial charge in [-0.3, -0.25) is 9.79 Å². The fourth-order valence-corrected chi connectivity index (χ4v) is 3.82. The zero-order valence-electron chi connectivity index (χ0n) is 16.0. The van der Waals surface area contributed by atoms with Crippen molar-refractivity contribution in [1.29, 1.82) is 0 Å². The number of phenolic OH excluding ortho intramolecular Hbond substituents is 1. The summed E-state index contributed by atoms with van der Waals surface area (Å²) in [6.07, 6.45) is -3.10. The number of rotatable bonds is 6. The predicted octanol–water partition coefficient (Wildman–Crippen LogP) is 5.15. The molecule has 0 bridgehead atoms. The standard InChI is InChI=1S/C21H17F3N2O3S/c1-12-19(17(28)11-25-10-13-7-8-18(29-2)16(27)9-13)30-20(26-12)14-5-3-4-6-15(14)21(22,23)24/h3-10,27H,11H2,1-2H3. The van der Waals surface area contributed by atoms with Gasteiger partial charge in [-0.2, -0.15) is 13.2 Å². The molecular formula is C21H17F3N2O3S. The van der Waals surface area contributed by atoms with Gasteiger partial charge in [0.1, 0.15) is 11.6 Å². The van der Waals surface area contributed by atoms with Crippen molar-refractivity contribution < 1.29 is 27.8 Å². The molecule has 0 spiro atoms. The largest absolute Gasteiger partial charge is 0.504 e. The Labute approximate surface area is 174 Å². The molecule has 3 rings (SSSR count). The van der Waals surface area contributed by atoms with Crippen LogP contribution < -0.4 is 4.74 Å². The number of ketones is 1. The second-order valence-corrected chi connectivity index (χ2v) is 7.30. The monoisotopic (exact) mass is 434 g/mol. The van der Waals surface area contributed by atoms with Gasteiger partial charge in [-0.25, -0.2) is 4.98 Å². The molecule has 0 atom stereocenters. The number of aromatic hydroxyl groups is 1. The zero-order valence-corrected chi connectivity index (χ0v) is 16.8. The van der Waals surface area contributed by atoms with Crippen LogP contribution in [-0.2, 0) is 6.18 Å². The summed E-state index contributed by atoms with van der Waals surface area (Å²) in [5.74, 6) is -0.0936. The molecule has 0 aliphatic rings. The average Bonchev–Trinajstić information content (AvgIpc) is 3.09. The number of thiazole rings is 1. The number of Topliss-reactive ketones (excluding diaryl/α,β-unsaturated/α-hetero) is 1. The average molecular weight is 434 g/mol. The van der Waals surface area contributed by atoms with Crippen molar-refractivity contribution >= 4 is 23.3 Å². The van der Waals surface area contributed by atoms with Crippen molar-refractivity contribution in [2.75, 3.05) is 13.7 Å². The Kier molecular flexibility index (Phi) is 6.21. The Balaban J connectivity index is 1.79. The minimum atomic E-state index is -4.52. The fraction of sp³-hybridized carbons (Fsp3) is 0.190. The quantitative estimate of drug-likeness (QED) is 0.430. The lowest BCUT2D eigenvalue weighted by Gasteiger charge is -2.10. The number of ether oxygens (including phenoxy) is 1. The van der Waals surface area contributed by atoms with Gasteiger partial charge >= 0.3 is 6.18 Å².